The first-order chi connectivity index (χ1) is 16.5. The molecule has 0 fully saturated rings. The largest absolute Gasteiger partial charge is 0.416 e. The second-order valence-corrected chi connectivity index (χ2v) is 9.55. The van der Waals surface area contributed by atoms with Gasteiger partial charge in [-0.2, -0.15) is 17.9 Å². The number of rotatable bonds is 7. The average Bonchev–Trinajstić information content (AvgIpc) is 2.78. The van der Waals surface area contributed by atoms with Crippen LogP contribution in [0.25, 0.3) is 0 Å². The summed E-state index contributed by atoms with van der Waals surface area (Å²) < 4.78 is 87.5. The number of hydrogen-bond donors (Lipinski definition) is 4. The van der Waals surface area contributed by atoms with Gasteiger partial charge in [0, 0.05) is 13.0 Å². The number of nitrogens with one attached hydrogen (secondary N) is 3. The molecule has 196 valence electrons. The van der Waals surface area contributed by atoms with Gasteiger partial charge in [-0.15, -0.1) is 0 Å². The Morgan fingerprint density at radius 2 is 1.75 bits per heavy atom. The number of alkyl halides is 3. The smallest absolute Gasteiger partial charge is 0.394 e. The Labute approximate surface area is 204 Å². The molecule has 2 aromatic carbocycles. The maximum atomic E-state index is 14.8. The molecule has 0 spiro atoms. The topological polar surface area (TPSA) is 151 Å². The van der Waals surface area contributed by atoms with E-state index in [9.17, 15) is 35.6 Å². The van der Waals surface area contributed by atoms with Crippen LogP contribution in [0.2, 0.25) is 0 Å². The number of nitrogens with two attached hydrogens (primary N) is 1. The molecule has 0 saturated heterocycles. The van der Waals surface area contributed by atoms with Crippen LogP contribution in [0, 0.1) is 25.1 Å². The van der Waals surface area contributed by atoms with Crippen molar-refractivity contribution in [3.05, 3.63) is 64.0 Å². The summed E-state index contributed by atoms with van der Waals surface area (Å²) in [5.41, 5.74) is 3.93. The van der Waals surface area contributed by atoms with Crippen LogP contribution in [0.15, 0.2) is 35.2 Å². The average molecular weight is 533 g/mol. The fourth-order valence-corrected chi connectivity index (χ4v) is 5.03. The molecule has 0 saturated carbocycles. The maximum Gasteiger partial charge on any atom is 0.416 e. The maximum absolute atomic E-state index is 14.8. The summed E-state index contributed by atoms with van der Waals surface area (Å²) in [7, 11) is -3.76. The fourth-order valence-electron chi connectivity index (χ4n) is 3.57. The molecule has 0 heterocycles. The number of amides is 2. The Hall–Kier alpha value is -3.52. The molecular weight excluding hydrogens is 508 g/mol. The minimum Gasteiger partial charge on any atom is -0.394 e. The molecule has 2 amide bonds. The second kappa shape index (κ2) is 10.6. The third kappa shape index (κ3) is 6.18. The standard InChI is InChI=1S/C22H24F4N4O5S/c1-10-5-7-15(23)17(11(10)2)12(3)18(19(27)35-21(28)32)30-36(33,34)16-8-6-13(22(24,25)26)9-14(16)20(31)29-4/h5-9,12,18,27,30H,1-4H3,(H2,28,32)(H,29,31). The van der Waals surface area contributed by atoms with Crippen LogP contribution < -0.4 is 15.8 Å². The van der Waals surface area contributed by atoms with E-state index < -0.39 is 67.9 Å². The van der Waals surface area contributed by atoms with Gasteiger partial charge in [0.1, 0.15) is 11.9 Å². The molecule has 2 aromatic rings. The molecule has 14 heteroatoms. The van der Waals surface area contributed by atoms with Gasteiger partial charge in [-0.3, -0.25) is 10.2 Å². The van der Waals surface area contributed by atoms with Crippen LogP contribution in [0.3, 0.4) is 0 Å². The Morgan fingerprint density at radius 3 is 2.28 bits per heavy atom. The summed E-state index contributed by atoms with van der Waals surface area (Å²) in [5, 5.41) is 10.2. The van der Waals surface area contributed by atoms with Crippen LogP contribution in [0.4, 0.5) is 22.4 Å². The number of carbonyl (C=O) groups is 2. The van der Waals surface area contributed by atoms with Crippen molar-refractivity contribution < 1.29 is 40.3 Å². The van der Waals surface area contributed by atoms with Crippen LogP contribution in [-0.2, 0) is 20.9 Å². The highest BCUT2D eigenvalue weighted by Gasteiger charge is 2.37. The lowest BCUT2D eigenvalue weighted by molar-refractivity contribution is -0.137. The third-order valence-corrected chi connectivity index (χ3v) is 7.03. The predicted octanol–water partition coefficient (Wildman–Crippen LogP) is 3.34. The summed E-state index contributed by atoms with van der Waals surface area (Å²) in [6.45, 7) is 4.59. The van der Waals surface area contributed by atoms with E-state index in [2.05, 4.69) is 14.8 Å². The molecule has 36 heavy (non-hydrogen) atoms. The molecule has 0 radical (unpaired) electrons. The van der Waals surface area contributed by atoms with Crippen molar-refractivity contribution in [2.24, 2.45) is 5.73 Å². The van der Waals surface area contributed by atoms with Gasteiger partial charge in [0.2, 0.25) is 15.9 Å². The third-order valence-electron chi connectivity index (χ3n) is 5.53. The second-order valence-electron chi connectivity index (χ2n) is 7.86. The zero-order valence-electron chi connectivity index (χ0n) is 19.6. The van der Waals surface area contributed by atoms with Gasteiger partial charge in [-0.1, -0.05) is 13.0 Å². The molecular formula is C22H24F4N4O5S. The van der Waals surface area contributed by atoms with Gasteiger partial charge in [-0.25, -0.2) is 17.6 Å². The number of halogens is 4. The number of primary amides is 1. The summed E-state index contributed by atoms with van der Waals surface area (Å²) in [5.74, 6) is -4.02. The van der Waals surface area contributed by atoms with Gasteiger partial charge in [0.25, 0.3) is 5.91 Å². The lowest BCUT2D eigenvalue weighted by Crippen LogP contribution is -2.46. The molecule has 0 aromatic heterocycles. The van der Waals surface area contributed by atoms with E-state index in [1.165, 1.54) is 13.0 Å². The van der Waals surface area contributed by atoms with Crippen LogP contribution in [0.1, 0.15) is 45.5 Å². The van der Waals surface area contributed by atoms with Gasteiger partial charge in [0.05, 0.1) is 16.0 Å². The van der Waals surface area contributed by atoms with E-state index >= 15 is 0 Å². The number of carbonyl (C=O) groups excluding carboxylic acids is 2. The van der Waals surface area contributed by atoms with Crippen molar-refractivity contribution in [3.8, 4) is 0 Å². The van der Waals surface area contributed by atoms with E-state index in [0.717, 1.165) is 13.1 Å². The zero-order chi connectivity index (χ0) is 27.6. The van der Waals surface area contributed by atoms with Gasteiger partial charge in [0.15, 0.2) is 0 Å². The zero-order valence-corrected chi connectivity index (χ0v) is 20.4. The molecule has 0 aliphatic heterocycles. The number of benzene rings is 2. The number of ether oxygens (including phenoxy) is 1. The minimum absolute atomic E-state index is 0.000496. The van der Waals surface area contributed by atoms with Crippen molar-refractivity contribution in [2.45, 2.75) is 43.8 Å². The summed E-state index contributed by atoms with van der Waals surface area (Å²) >= 11 is 0. The van der Waals surface area contributed by atoms with E-state index in [1.54, 1.807) is 13.8 Å². The SMILES string of the molecule is CNC(=O)c1cc(C(F)(F)F)ccc1S(=O)(=O)NC(C(=N)OC(N)=O)C(C)c1c(F)ccc(C)c1C. The minimum atomic E-state index is -4.87. The van der Waals surface area contributed by atoms with E-state index in [1.807, 2.05) is 0 Å². The Bertz CT molecular complexity index is 1310. The Morgan fingerprint density at radius 1 is 1.14 bits per heavy atom. The first-order valence-electron chi connectivity index (χ1n) is 10.3. The van der Waals surface area contributed by atoms with Crippen molar-refractivity contribution >= 4 is 27.9 Å². The highest BCUT2D eigenvalue weighted by atomic mass is 32.2. The lowest BCUT2D eigenvalue weighted by atomic mass is 9.88. The molecule has 0 bridgehead atoms. The van der Waals surface area contributed by atoms with Crippen molar-refractivity contribution in [1.82, 2.24) is 10.0 Å². The van der Waals surface area contributed by atoms with Crippen molar-refractivity contribution in [3.63, 3.8) is 0 Å². The van der Waals surface area contributed by atoms with E-state index in [4.69, 9.17) is 11.1 Å². The molecule has 5 N–H and O–H groups in total. The first kappa shape index (κ1) is 28.7. The van der Waals surface area contributed by atoms with Gasteiger partial charge >= 0.3 is 12.3 Å². The molecule has 0 aliphatic rings. The van der Waals surface area contributed by atoms with E-state index in [0.29, 0.717) is 29.3 Å². The van der Waals surface area contributed by atoms with Crippen molar-refractivity contribution in [1.29, 1.82) is 5.41 Å². The van der Waals surface area contributed by atoms with Crippen LogP contribution >= 0.6 is 0 Å². The molecule has 9 nitrogen and oxygen atoms in total. The summed E-state index contributed by atoms with van der Waals surface area (Å²) in [6, 6.07) is 2.30. The number of hydrogen-bond acceptors (Lipinski definition) is 6. The predicted molar refractivity (Wildman–Crippen MR) is 122 cm³/mol. The van der Waals surface area contributed by atoms with Crippen molar-refractivity contribution in [2.75, 3.05) is 7.05 Å². The molecule has 2 rings (SSSR count). The highest BCUT2D eigenvalue weighted by molar-refractivity contribution is 7.89. The van der Waals surface area contributed by atoms with E-state index in [-0.39, 0.29) is 5.56 Å². The fraction of sp³-hybridized carbons (Fsp3) is 0.318. The highest BCUT2D eigenvalue weighted by Crippen LogP contribution is 2.33. The number of sulfonamides is 1. The Balaban J connectivity index is 2.67. The quantitative estimate of drug-likeness (QED) is 0.245. The summed E-state index contributed by atoms with van der Waals surface area (Å²) in [6.07, 6.45) is -6.31. The van der Waals surface area contributed by atoms with Crippen LogP contribution in [0.5, 0.6) is 0 Å². The molecule has 0 aliphatic carbocycles. The Kier molecular flexibility index (Phi) is 8.47. The molecule has 2 unspecified atom stereocenters. The monoisotopic (exact) mass is 532 g/mol. The normalized spacial score (nSPS) is 13.6. The summed E-state index contributed by atoms with van der Waals surface area (Å²) in [4.78, 5) is 22.7. The lowest BCUT2D eigenvalue weighted by Gasteiger charge is -2.27. The van der Waals surface area contributed by atoms with Gasteiger partial charge in [-0.05, 0) is 54.8 Å². The van der Waals surface area contributed by atoms with Gasteiger partial charge < -0.3 is 15.8 Å². The molecule has 2 atom stereocenters. The first-order valence-corrected chi connectivity index (χ1v) is 11.8. The number of aryl methyl sites for hydroxylation is 1. The van der Waals surface area contributed by atoms with Crippen LogP contribution in [-0.4, -0.2) is 39.4 Å².